The van der Waals surface area contributed by atoms with Crippen molar-refractivity contribution in [2.45, 2.75) is 11.8 Å². The minimum absolute atomic E-state index is 0.145. The van der Waals surface area contributed by atoms with E-state index in [1.807, 2.05) is 6.92 Å². The lowest BCUT2D eigenvalue weighted by Crippen LogP contribution is -2.14. The quantitative estimate of drug-likeness (QED) is 0.500. The summed E-state index contributed by atoms with van der Waals surface area (Å²) in [6.07, 6.45) is 0. The first-order valence-electron chi connectivity index (χ1n) is 8.19. The van der Waals surface area contributed by atoms with Crippen molar-refractivity contribution in [2.75, 3.05) is 4.72 Å². The van der Waals surface area contributed by atoms with Crippen molar-refractivity contribution >= 4 is 49.1 Å². The van der Waals surface area contributed by atoms with Crippen LogP contribution in [0.4, 0.5) is 5.69 Å². The second kappa shape index (κ2) is 6.40. The second-order valence-corrected chi connectivity index (χ2v) is 8.35. The molecule has 1 heterocycles. The summed E-state index contributed by atoms with van der Waals surface area (Å²) in [5.74, 6) is 0. The fourth-order valence-corrected chi connectivity index (χ4v) is 4.29. The van der Waals surface area contributed by atoms with Crippen LogP contribution in [-0.4, -0.2) is 13.4 Å². The first kappa shape index (κ1) is 17.6. The average molecular weight is 399 g/mol. The Hall–Kier alpha value is -2.83. The van der Waals surface area contributed by atoms with Crippen molar-refractivity contribution in [3.8, 4) is 0 Å². The van der Waals surface area contributed by atoms with Crippen molar-refractivity contribution in [1.82, 2.24) is 4.98 Å². The van der Waals surface area contributed by atoms with Gasteiger partial charge in [0.25, 0.3) is 10.0 Å². The summed E-state index contributed by atoms with van der Waals surface area (Å²) in [5.41, 5.74) is 1.90. The third kappa shape index (κ3) is 3.07. The summed E-state index contributed by atoms with van der Waals surface area (Å²) < 4.78 is 28.1. The molecule has 7 heteroatoms. The molecule has 0 fully saturated rings. The average Bonchev–Trinajstić information content (AvgIpc) is 2.64. The maximum absolute atomic E-state index is 12.8. The van der Waals surface area contributed by atoms with Crippen LogP contribution in [0.15, 0.2) is 70.4 Å². The smallest absolute Gasteiger partial charge is 0.261 e. The Kier molecular flexibility index (Phi) is 4.17. The topological polar surface area (TPSA) is 79.0 Å². The SMILES string of the molecule is Cc1ccc(S(=O)(=O)Nc2cccc3c(=O)c4cccc(Cl)c4[nH]c23)cc1. The fourth-order valence-electron chi connectivity index (χ4n) is 2.99. The number of anilines is 1. The predicted octanol–water partition coefficient (Wildman–Crippen LogP) is 4.44. The molecule has 1 aromatic heterocycles. The molecule has 0 saturated carbocycles. The Bertz CT molecular complexity index is 1340. The first-order chi connectivity index (χ1) is 12.9. The lowest BCUT2D eigenvalue weighted by atomic mass is 10.1. The van der Waals surface area contributed by atoms with Crippen LogP contribution in [0.25, 0.3) is 21.8 Å². The Morgan fingerprint density at radius 1 is 0.889 bits per heavy atom. The second-order valence-electron chi connectivity index (χ2n) is 6.26. The van der Waals surface area contributed by atoms with Crippen LogP contribution in [0.2, 0.25) is 5.02 Å². The largest absolute Gasteiger partial charge is 0.351 e. The Morgan fingerprint density at radius 2 is 1.52 bits per heavy atom. The fraction of sp³-hybridized carbons (Fsp3) is 0.0500. The van der Waals surface area contributed by atoms with Gasteiger partial charge in [-0.3, -0.25) is 9.52 Å². The normalized spacial score (nSPS) is 11.8. The van der Waals surface area contributed by atoms with E-state index in [1.165, 1.54) is 12.1 Å². The highest BCUT2D eigenvalue weighted by Gasteiger charge is 2.17. The number of pyridine rings is 1. The van der Waals surface area contributed by atoms with Crippen molar-refractivity contribution in [1.29, 1.82) is 0 Å². The standard InChI is InChI=1S/C20H15ClN2O3S/c1-12-8-10-13(11-9-12)27(25,26)23-17-7-3-5-15-19(17)22-18-14(20(15)24)4-2-6-16(18)21/h2-11,23H,1H3,(H,22,24). The van der Waals surface area contributed by atoms with Gasteiger partial charge in [0, 0.05) is 10.8 Å². The summed E-state index contributed by atoms with van der Waals surface area (Å²) in [6.45, 7) is 1.88. The number of para-hydroxylation sites is 2. The van der Waals surface area contributed by atoms with Gasteiger partial charge in [-0.25, -0.2) is 8.42 Å². The number of nitrogens with one attached hydrogen (secondary N) is 2. The molecule has 3 aromatic carbocycles. The van der Waals surface area contributed by atoms with Gasteiger partial charge in [0.1, 0.15) is 0 Å². The van der Waals surface area contributed by atoms with E-state index in [1.54, 1.807) is 48.5 Å². The van der Waals surface area contributed by atoms with E-state index in [0.717, 1.165) is 5.56 Å². The Balaban J connectivity index is 1.92. The zero-order chi connectivity index (χ0) is 19.2. The van der Waals surface area contributed by atoms with Crippen LogP contribution in [0, 0.1) is 6.92 Å². The molecule has 27 heavy (non-hydrogen) atoms. The van der Waals surface area contributed by atoms with Crippen molar-refractivity contribution in [2.24, 2.45) is 0 Å². The van der Waals surface area contributed by atoms with Gasteiger partial charge in [-0.15, -0.1) is 0 Å². The molecule has 0 amide bonds. The van der Waals surface area contributed by atoms with Crippen LogP contribution < -0.4 is 10.2 Å². The third-order valence-corrected chi connectivity index (χ3v) is 6.09. The molecule has 136 valence electrons. The van der Waals surface area contributed by atoms with Crippen molar-refractivity contribution < 1.29 is 8.42 Å². The summed E-state index contributed by atoms with van der Waals surface area (Å²) in [6, 6.07) is 16.5. The van der Waals surface area contributed by atoms with Gasteiger partial charge in [0.2, 0.25) is 0 Å². The lowest BCUT2D eigenvalue weighted by molar-refractivity contribution is 0.601. The van der Waals surface area contributed by atoms with Crippen LogP contribution in [0.5, 0.6) is 0 Å². The van der Waals surface area contributed by atoms with Crippen molar-refractivity contribution in [3.05, 3.63) is 81.5 Å². The number of H-pyrrole nitrogens is 1. The van der Waals surface area contributed by atoms with Crippen molar-refractivity contribution in [3.63, 3.8) is 0 Å². The van der Waals surface area contributed by atoms with E-state index in [4.69, 9.17) is 11.6 Å². The van der Waals surface area contributed by atoms with Crippen LogP contribution in [-0.2, 0) is 10.0 Å². The van der Waals surface area contributed by atoms with Gasteiger partial charge in [-0.2, -0.15) is 0 Å². The number of fused-ring (bicyclic) bond motifs is 2. The molecule has 0 radical (unpaired) electrons. The number of hydrogen-bond acceptors (Lipinski definition) is 3. The highest BCUT2D eigenvalue weighted by molar-refractivity contribution is 7.92. The van der Waals surface area contributed by atoms with E-state index in [-0.39, 0.29) is 16.0 Å². The number of sulfonamides is 1. The van der Waals surface area contributed by atoms with Gasteiger partial charge in [0.05, 0.1) is 26.6 Å². The molecule has 0 aliphatic carbocycles. The van der Waals surface area contributed by atoms with E-state index in [0.29, 0.717) is 26.8 Å². The number of hydrogen-bond donors (Lipinski definition) is 2. The maximum atomic E-state index is 12.8. The van der Waals surface area contributed by atoms with Gasteiger partial charge < -0.3 is 4.98 Å². The molecule has 2 N–H and O–H groups in total. The first-order valence-corrected chi connectivity index (χ1v) is 10.1. The van der Waals surface area contributed by atoms with Gasteiger partial charge >= 0.3 is 0 Å². The molecular weight excluding hydrogens is 384 g/mol. The number of aryl methyl sites for hydroxylation is 1. The molecule has 0 aliphatic heterocycles. The highest BCUT2D eigenvalue weighted by Crippen LogP contribution is 2.27. The summed E-state index contributed by atoms with van der Waals surface area (Å²) >= 11 is 6.22. The van der Waals surface area contributed by atoms with E-state index >= 15 is 0 Å². The summed E-state index contributed by atoms with van der Waals surface area (Å²) in [7, 11) is -3.80. The van der Waals surface area contributed by atoms with Crippen LogP contribution in [0.1, 0.15) is 5.56 Å². The number of rotatable bonds is 3. The number of benzene rings is 3. The highest BCUT2D eigenvalue weighted by atomic mass is 35.5. The molecule has 4 aromatic rings. The Labute approximate surface area is 160 Å². The predicted molar refractivity (Wildman–Crippen MR) is 109 cm³/mol. The number of aromatic nitrogens is 1. The maximum Gasteiger partial charge on any atom is 0.261 e. The van der Waals surface area contributed by atoms with Gasteiger partial charge in [-0.1, -0.05) is 41.4 Å². The van der Waals surface area contributed by atoms with Gasteiger partial charge in [0.15, 0.2) is 5.43 Å². The molecular formula is C20H15ClN2O3S. The summed E-state index contributed by atoms with van der Waals surface area (Å²) in [5, 5.41) is 1.23. The zero-order valence-corrected chi connectivity index (χ0v) is 15.9. The molecule has 5 nitrogen and oxygen atoms in total. The van der Waals surface area contributed by atoms with E-state index < -0.39 is 10.0 Å². The zero-order valence-electron chi connectivity index (χ0n) is 14.3. The van der Waals surface area contributed by atoms with E-state index in [9.17, 15) is 13.2 Å². The minimum atomic E-state index is -3.80. The molecule has 0 bridgehead atoms. The monoisotopic (exact) mass is 398 g/mol. The minimum Gasteiger partial charge on any atom is -0.351 e. The molecule has 0 spiro atoms. The molecule has 0 atom stereocenters. The summed E-state index contributed by atoms with van der Waals surface area (Å²) in [4.78, 5) is 16.1. The van der Waals surface area contributed by atoms with Crippen LogP contribution in [0.3, 0.4) is 0 Å². The molecule has 0 aliphatic rings. The molecule has 0 unspecified atom stereocenters. The van der Waals surface area contributed by atoms with E-state index in [2.05, 4.69) is 9.71 Å². The number of aromatic amines is 1. The lowest BCUT2D eigenvalue weighted by Gasteiger charge is -2.12. The number of halogens is 1. The third-order valence-electron chi connectivity index (χ3n) is 4.39. The molecule has 0 saturated heterocycles. The molecule has 4 rings (SSSR count). The Morgan fingerprint density at radius 3 is 2.22 bits per heavy atom. The van der Waals surface area contributed by atoms with Crippen LogP contribution >= 0.6 is 11.6 Å². The van der Waals surface area contributed by atoms with Gasteiger partial charge in [-0.05, 0) is 43.3 Å².